The van der Waals surface area contributed by atoms with Crippen molar-refractivity contribution < 1.29 is 0 Å². The lowest BCUT2D eigenvalue weighted by Gasteiger charge is -2.29. The van der Waals surface area contributed by atoms with Crippen LogP contribution in [0, 0.1) is 0 Å². The Balaban J connectivity index is 1.50. The van der Waals surface area contributed by atoms with Gasteiger partial charge in [-0.05, 0) is 53.5 Å². The number of nitrogen functional groups attached to an aromatic ring is 1. The van der Waals surface area contributed by atoms with E-state index in [9.17, 15) is 0 Å². The largest absolute Gasteiger partial charge is 0.398 e. The van der Waals surface area contributed by atoms with Crippen LogP contribution in [0.3, 0.4) is 0 Å². The van der Waals surface area contributed by atoms with Gasteiger partial charge in [0.05, 0.1) is 0 Å². The van der Waals surface area contributed by atoms with E-state index in [1.165, 1.54) is 35.1 Å². The number of hydrogen-bond donors (Lipinski definition) is 1. The highest BCUT2D eigenvalue weighted by atomic mass is 15.1. The molecule has 0 atom stereocenters. The number of rotatable bonds is 3. The van der Waals surface area contributed by atoms with Crippen molar-refractivity contribution in [1.29, 1.82) is 0 Å². The van der Waals surface area contributed by atoms with Crippen LogP contribution in [0.15, 0.2) is 42.5 Å². The predicted octanol–water partition coefficient (Wildman–Crippen LogP) is 3.70. The molecule has 1 aliphatic carbocycles. The molecule has 0 bridgehead atoms. The molecule has 1 saturated carbocycles. The Bertz CT molecular complexity index is 658. The first-order valence-electron chi connectivity index (χ1n) is 7.97. The second-order valence-corrected chi connectivity index (χ2v) is 6.46. The average molecular weight is 278 g/mol. The molecule has 2 aliphatic rings. The molecular weight excluding hydrogens is 256 g/mol. The Kier molecular flexibility index (Phi) is 3.19. The van der Waals surface area contributed by atoms with Crippen LogP contribution in [-0.2, 0) is 19.5 Å². The number of nitrogens with two attached hydrogens (primary N) is 1. The number of hydrogen-bond acceptors (Lipinski definition) is 2. The van der Waals surface area contributed by atoms with Gasteiger partial charge in [-0.25, -0.2) is 0 Å². The van der Waals surface area contributed by atoms with Crippen molar-refractivity contribution in [3.63, 3.8) is 0 Å². The first-order valence-corrected chi connectivity index (χ1v) is 7.97. The minimum Gasteiger partial charge on any atom is -0.398 e. The van der Waals surface area contributed by atoms with Crippen molar-refractivity contribution in [1.82, 2.24) is 4.90 Å². The third-order valence-electron chi connectivity index (χ3n) is 4.79. The van der Waals surface area contributed by atoms with Gasteiger partial charge in [0, 0.05) is 25.3 Å². The van der Waals surface area contributed by atoms with Crippen LogP contribution in [0.4, 0.5) is 5.69 Å². The van der Waals surface area contributed by atoms with Crippen LogP contribution >= 0.6 is 0 Å². The summed E-state index contributed by atoms with van der Waals surface area (Å²) in [4.78, 5) is 2.54. The number of fused-ring (bicyclic) bond motifs is 1. The van der Waals surface area contributed by atoms with Gasteiger partial charge in [-0.1, -0.05) is 36.4 Å². The molecule has 108 valence electrons. The molecule has 2 N–H and O–H groups in total. The van der Waals surface area contributed by atoms with E-state index >= 15 is 0 Å². The zero-order valence-corrected chi connectivity index (χ0v) is 12.4. The van der Waals surface area contributed by atoms with E-state index in [4.69, 9.17) is 5.73 Å². The molecule has 21 heavy (non-hydrogen) atoms. The minimum absolute atomic E-state index is 0.840. The van der Waals surface area contributed by atoms with Gasteiger partial charge in [-0.2, -0.15) is 0 Å². The van der Waals surface area contributed by atoms with E-state index in [0.717, 1.165) is 37.7 Å². The summed E-state index contributed by atoms with van der Waals surface area (Å²) in [7, 11) is 0. The molecule has 0 amide bonds. The second kappa shape index (κ2) is 5.19. The maximum atomic E-state index is 6.08. The highest BCUT2D eigenvalue weighted by Crippen LogP contribution is 2.40. The molecule has 0 saturated heterocycles. The number of anilines is 1. The van der Waals surface area contributed by atoms with Crippen molar-refractivity contribution in [2.45, 2.75) is 38.3 Å². The quantitative estimate of drug-likeness (QED) is 0.867. The van der Waals surface area contributed by atoms with Crippen molar-refractivity contribution in [3.05, 3.63) is 64.7 Å². The predicted molar refractivity (Wildman–Crippen MR) is 87.1 cm³/mol. The average Bonchev–Trinajstić information content (AvgIpc) is 3.32. The third kappa shape index (κ3) is 2.68. The lowest BCUT2D eigenvalue weighted by atomic mass is 9.97. The molecule has 4 rings (SSSR count). The van der Waals surface area contributed by atoms with Gasteiger partial charge < -0.3 is 5.73 Å². The van der Waals surface area contributed by atoms with Gasteiger partial charge in [-0.15, -0.1) is 0 Å². The van der Waals surface area contributed by atoms with Gasteiger partial charge in [0.25, 0.3) is 0 Å². The van der Waals surface area contributed by atoms with Crippen molar-refractivity contribution in [2.24, 2.45) is 0 Å². The Hall–Kier alpha value is -1.80. The van der Waals surface area contributed by atoms with Crippen LogP contribution in [-0.4, -0.2) is 11.4 Å². The van der Waals surface area contributed by atoms with Crippen molar-refractivity contribution in [2.75, 3.05) is 12.3 Å². The monoisotopic (exact) mass is 278 g/mol. The highest BCUT2D eigenvalue weighted by Gasteiger charge is 2.24. The van der Waals surface area contributed by atoms with E-state index in [-0.39, 0.29) is 0 Å². The summed E-state index contributed by atoms with van der Waals surface area (Å²) in [6.07, 6.45) is 3.82. The van der Waals surface area contributed by atoms with Crippen LogP contribution < -0.4 is 5.73 Å². The Morgan fingerprint density at radius 2 is 1.95 bits per heavy atom. The number of benzene rings is 2. The Labute approximate surface area is 126 Å². The molecule has 2 heteroatoms. The van der Waals surface area contributed by atoms with Crippen LogP contribution in [0.25, 0.3) is 0 Å². The highest BCUT2D eigenvalue weighted by molar-refractivity contribution is 5.51. The summed E-state index contributed by atoms with van der Waals surface area (Å²) < 4.78 is 0. The Morgan fingerprint density at radius 3 is 2.81 bits per heavy atom. The summed E-state index contributed by atoms with van der Waals surface area (Å²) in [6, 6.07) is 15.5. The fourth-order valence-corrected chi connectivity index (χ4v) is 3.45. The molecule has 1 aliphatic heterocycles. The topological polar surface area (TPSA) is 29.3 Å². The zero-order chi connectivity index (χ0) is 14.2. The Morgan fingerprint density at radius 1 is 1.10 bits per heavy atom. The summed E-state index contributed by atoms with van der Waals surface area (Å²) in [5.74, 6) is 0.840. The van der Waals surface area contributed by atoms with E-state index in [0.29, 0.717) is 0 Å². The van der Waals surface area contributed by atoms with Crippen LogP contribution in [0.5, 0.6) is 0 Å². The van der Waals surface area contributed by atoms with Gasteiger partial charge in [0.1, 0.15) is 0 Å². The van der Waals surface area contributed by atoms with E-state index in [1.807, 2.05) is 6.07 Å². The summed E-state index contributed by atoms with van der Waals surface area (Å²) >= 11 is 0. The van der Waals surface area contributed by atoms with Gasteiger partial charge in [0.15, 0.2) is 0 Å². The van der Waals surface area contributed by atoms with E-state index < -0.39 is 0 Å². The maximum Gasteiger partial charge on any atom is 0.0350 e. The number of nitrogens with zero attached hydrogens (tertiary/aromatic N) is 1. The maximum absolute atomic E-state index is 6.08. The molecule has 2 aromatic carbocycles. The van der Waals surface area contributed by atoms with Gasteiger partial charge in [0.2, 0.25) is 0 Å². The fourth-order valence-electron chi connectivity index (χ4n) is 3.45. The molecule has 0 spiro atoms. The summed E-state index contributed by atoms with van der Waals surface area (Å²) in [5, 5.41) is 0. The SMILES string of the molecule is Nc1cccc2c1CCN(Cc1cccc(C3CC3)c1)C2. The molecular formula is C19H22N2. The summed E-state index contributed by atoms with van der Waals surface area (Å²) in [6.45, 7) is 3.18. The van der Waals surface area contributed by atoms with Gasteiger partial charge >= 0.3 is 0 Å². The molecule has 0 unspecified atom stereocenters. The molecule has 1 heterocycles. The molecule has 0 radical (unpaired) electrons. The molecule has 2 nitrogen and oxygen atoms in total. The lowest BCUT2D eigenvalue weighted by Crippen LogP contribution is -2.30. The van der Waals surface area contributed by atoms with E-state index in [2.05, 4.69) is 41.3 Å². The zero-order valence-electron chi connectivity index (χ0n) is 12.4. The third-order valence-corrected chi connectivity index (χ3v) is 4.79. The normalized spacial score (nSPS) is 18.5. The molecule has 0 aromatic heterocycles. The van der Waals surface area contributed by atoms with Crippen molar-refractivity contribution in [3.8, 4) is 0 Å². The van der Waals surface area contributed by atoms with Crippen LogP contribution in [0.1, 0.15) is 41.0 Å². The standard InChI is InChI=1S/C19H22N2/c20-19-6-2-5-17-13-21(10-9-18(17)19)12-14-3-1-4-16(11-14)15-7-8-15/h1-6,11,15H,7-10,12-13,20H2. The molecule has 1 fully saturated rings. The second-order valence-electron chi connectivity index (χ2n) is 6.46. The molecule has 2 aromatic rings. The van der Waals surface area contributed by atoms with Gasteiger partial charge in [-0.3, -0.25) is 4.90 Å². The van der Waals surface area contributed by atoms with E-state index in [1.54, 1.807) is 0 Å². The minimum atomic E-state index is 0.840. The summed E-state index contributed by atoms with van der Waals surface area (Å²) in [5.41, 5.74) is 12.8. The fraction of sp³-hybridized carbons (Fsp3) is 0.368. The lowest BCUT2D eigenvalue weighted by molar-refractivity contribution is 0.246. The first-order chi connectivity index (χ1) is 10.3. The smallest absolute Gasteiger partial charge is 0.0350 e. The van der Waals surface area contributed by atoms with Crippen LogP contribution in [0.2, 0.25) is 0 Å². The first kappa shape index (κ1) is 12.9. The van der Waals surface area contributed by atoms with Crippen molar-refractivity contribution >= 4 is 5.69 Å².